The Morgan fingerprint density at radius 1 is 1.12 bits per heavy atom. The molecule has 2 aromatic rings. The van der Waals surface area contributed by atoms with Crippen molar-refractivity contribution >= 4 is 9.84 Å². The lowest BCUT2D eigenvalue weighted by Gasteiger charge is -2.39. The number of aryl methyl sites for hydroxylation is 2. The maximum atomic E-state index is 14.2. The van der Waals surface area contributed by atoms with E-state index in [1.165, 1.54) is 56.8 Å². The summed E-state index contributed by atoms with van der Waals surface area (Å²) in [6.07, 6.45) is -1.70. The Morgan fingerprint density at radius 2 is 1.70 bits per heavy atom. The van der Waals surface area contributed by atoms with Crippen LogP contribution in [0.5, 0.6) is 5.75 Å². The van der Waals surface area contributed by atoms with E-state index in [1.807, 2.05) is 0 Å². The molecule has 182 valence electrons. The molecule has 33 heavy (non-hydrogen) atoms. The zero-order chi connectivity index (χ0) is 25.0. The molecule has 10 heteroatoms. The third kappa shape index (κ3) is 4.96. The van der Waals surface area contributed by atoms with E-state index < -0.39 is 40.0 Å². The average molecular weight is 488 g/mol. The minimum atomic E-state index is -4.99. The van der Waals surface area contributed by atoms with E-state index in [2.05, 4.69) is 0 Å². The Bertz CT molecular complexity index is 1220. The molecule has 0 bridgehead atoms. The second-order valence-corrected chi connectivity index (χ2v) is 11.6. The molecule has 0 radical (unpaired) electrons. The summed E-state index contributed by atoms with van der Waals surface area (Å²) in [5.41, 5.74) is -3.28. The monoisotopic (exact) mass is 487 g/mol. The lowest BCUT2D eigenvalue weighted by atomic mass is 9.74. The lowest BCUT2D eigenvalue weighted by Crippen LogP contribution is -2.52. The fourth-order valence-corrected chi connectivity index (χ4v) is 5.11. The molecule has 1 aromatic carbocycles. The van der Waals surface area contributed by atoms with E-state index in [0.717, 1.165) is 6.26 Å². The highest BCUT2D eigenvalue weighted by Gasteiger charge is 2.56. The van der Waals surface area contributed by atoms with E-state index >= 15 is 0 Å². The fourth-order valence-electron chi connectivity index (χ4n) is 4.42. The van der Waals surface area contributed by atoms with Gasteiger partial charge in [-0.3, -0.25) is 4.79 Å². The topological polar surface area (TPSA) is 85.6 Å². The van der Waals surface area contributed by atoms with Crippen LogP contribution >= 0.6 is 0 Å². The molecule has 1 unspecified atom stereocenters. The van der Waals surface area contributed by atoms with Crippen molar-refractivity contribution < 1.29 is 31.4 Å². The highest BCUT2D eigenvalue weighted by molar-refractivity contribution is 7.90. The zero-order valence-electron chi connectivity index (χ0n) is 19.2. The van der Waals surface area contributed by atoms with Crippen LogP contribution in [0.2, 0.25) is 0 Å². The van der Waals surface area contributed by atoms with Gasteiger partial charge in [-0.15, -0.1) is 0 Å². The lowest BCUT2D eigenvalue weighted by molar-refractivity contribution is -0.271. The van der Waals surface area contributed by atoms with Crippen molar-refractivity contribution in [1.82, 2.24) is 4.57 Å². The number of sulfone groups is 1. The van der Waals surface area contributed by atoms with Gasteiger partial charge >= 0.3 is 6.18 Å². The summed E-state index contributed by atoms with van der Waals surface area (Å²) < 4.78 is 73.8. The molecule has 0 saturated carbocycles. The molecule has 6 nitrogen and oxygen atoms in total. The van der Waals surface area contributed by atoms with Gasteiger partial charge in [-0.25, -0.2) is 8.42 Å². The van der Waals surface area contributed by atoms with Crippen molar-refractivity contribution in [3.63, 3.8) is 0 Å². The largest absolute Gasteiger partial charge is 0.493 e. The molecule has 2 heterocycles. The molecule has 1 aliphatic heterocycles. The van der Waals surface area contributed by atoms with Gasteiger partial charge in [-0.1, -0.05) is 13.8 Å². The second-order valence-electron chi connectivity index (χ2n) is 9.55. The van der Waals surface area contributed by atoms with Crippen LogP contribution < -0.4 is 10.2 Å². The van der Waals surface area contributed by atoms with Gasteiger partial charge in [0, 0.05) is 41.8 Å². The van der Waals surface area contributed by atoms with E-state index in [9.17, 15) is 31.5 Å². The van der Waals surface area contributed by atoms with Crippen molar-refractivity contribution in [2.24, 2.45) is 0 Å². The summed E-state index contributed by atoms with van der Waals surface area (Å²) in [6.45, 7) is 5.52. The Morgan fingerprint density at radius 3 is 2.21 bits per heavy atom. The molecule has 1 aliphatic rings. The summed E-state index contributed by atoms with van der Waals surface area (Å²) in [4.78, 5) is 12.0. The number of aliphatic hydroxyl groups is 1. The molecule has 1 N–H and O–H groups in total. The number of rotatable bonds is 6. The number of hydrogen-bond acceptors (Lipinski definition) is 5. The SMILES string of the molecule is Cc1cn(CC(O)(CC(C)(C)c2cc(S(C)(=O)=O)cc3c2OCC3)C(F)(F)F)cc(C)c1=O. The van der Waals surface area contributed by atoms with E-state index in [-0.39, 0.29) is 21.5 Å². The van der Waals surface area contributed by atoms with E-state index in [1.54, 1.807) is 0 Å². The van der Waals surface area contributed by atoms with Gasteiger partial charge in [0.15, 0.2) is 20.9 Å². The Hall–Kier alpha value is -2.33. The van der Waals surface area contributed by atoms with Crippen LogP contribution in [-0.2, 0) is 28.2 Å². The van der Waals surface area contributed by atoms with Crippen LogP contribution in [0.25, 0.3) is 0 Å². The van der Waals surface area contributed by atoms with Crippen LogP contribution in [-0.4, -0.2) is 42.7 Å². The van der Waals surface area contributed by atoms with Crippen molar-refractivity contribution in [2.75, 3.05) is 12.9 Å². The quantitative estimate of drug-likeness (QED) is 0.675. The van der Waals surface area contributed by atoms with Crippen LogP contribution in [0.1, 0.15) is 42.5 Å². The van der Waals surface area contributed by atoms with Crippen molar-refractivity contribution in [1.29, 1.82) is 0 Å². The third-order valence-corrected chi connectivity index (χ3v) is 7.15. The maximum Gasteiger partial charge on any atom is 0.418 e. The third-order valence-electron chi connectivity index (χ3n) is 6.06. The number of ether oxygens (including phenoxy) is 1. The summed E-state index contributed by atoms with van der Waals surface area (Å²) >= 11 is 0. The molecular weight excluding hydrogens is 459 g/mol. The van der Waals surface area contributed by atoms with Crippen molar-refractivity contribution in [2.45, 2.75) is 69.2 Å². The maximum absolute atomic E-state index is 14.2. The molecule has 0 fully saturated rings. The van der Waals surface area contributed by atoms with E-state index in [4.69, 9.17) is 4.74 Å². The summed E-state index contributed by atoms with van der Waals surface area (Å²) in [5, 5.41) is 10.9. The minimum Gasteiger partial charge on any atom is -0.493 e. The number of hydrogen-bond donors (Lipinski definition) is 1. The van der Waals surface area contributed by atoms with Crippen molar-refractivity contribution in [3.05, 3.63) is 57.0 Å². The normalized spacial score (nSPS) is 16.3. The van der Waals surface area contributed by atoms with Crippen LogP contribution in [0.4, 0.5) is 13.2 Å². The summed E-state index contributed by atoms with van der Waals surface area (Å²) in [7, 11) is -3.62. The summed E-state index contributed by atoms with van der Waals surface area (Å²) in [5.74, 6) is 0.368. The van der Waals surface area contributed by atoms with Crippen molar-refractivity contribution in [3.8, 4) is 5.75 Å². The highest BCUT2D eigenvalue weighted by Crippen LogP contribution is 2.46. The van der Waals surface area contributed by atoms with Gasteiger partial charge in [-0.2, -0.15) is 13.2 Å². The molecule has 0 saturated heterocycles. The molecule has 0 amide bonds. The van der Waals surface area contributed by atoms with Gasteiger partial charge in [-0.05, 0) is 43.4 Å². The standard InChI is InChI=1S/C23H28F3NO5S/c1-14-10-27(11-15(2)19(14)28)13-22(29,23(24,25)26)12-21(3,4)18-9-17(33(5,30)31)8-16-6-7-32-20(16)18/h8-11,29H,6-7,12-13H2,1-5H3. The first-order chi connectivity index (χ1) is 14.9. The first kappa shape index (κ1) is 25.3. The number of halogens is 3. The molecule has 3 rings (SSSR count). The molecule has 0 aliphatic carbocycles. The molecule has 1 aromatic heterocycles. The van der Waals surface area contributed by atoms with Gasteiger partial charge in [0.2, 0.25) is 0 Å². The minimum absolute atomic E-state index is 0.00275. The number of aromatic nitrogens is 1. The Balaban J connectivity index is 2.09. The molecule has 1 atom stereocenters. The predicted molar refractivity (Wildman–Crippen MR) is 118 cm³/mol. The molecular formula is C23H28F3NO5S. The van der Waals surface area contributed by atoms with Crippen LogP contribution in [0.3, 0.4) is 0 Å². The Labute approximate surface area is 190 Å². The van der Waals surface area contributed by atoms with Crippen LogP contribution in [0, 0.1) is 13.8 Å². The highest BCUT2D eigenvalue weighted by atomic mass is 32.2. The average Bonchev–Trinajstić information content (AvgIpc) is 3.11. The number of pyridine rings is 1. The van der Waals surface area contributed by atoms with Gasteiger partial charge in [0.25, 0.3) is 0 Å². The van der Waals surface area contributed by atoms with Gasteiger partial charge in [0.1, 0.15) is 5.75 Å². The smallest absolute Gasteiger partial charge is 0.418 e. The second kappa shape index (κ2) is 8.16. The first-order valence-electron chi connectivity index (χ1n) is 10.4. The zero-order valence-corrected chi connectivity index (χ0v) is 20.0. The Kier molecular flexibility index (Phi) is 6.25. The van der Waals surface area contributed by atoms with Gasteiger partial charge in [0.05, 0.1) is 18.0 Å². The number of fused-ring (bicyclic) bond motifs is 1. The summed E-state index contributed by atoms with van der Waals surface area (Å²) in [6, 6.07) is 2.82. The number of benzene rings is 1. The van der Waals surface area contributed by atoms with Crippen LogP contribution in [0.15, 0.2) is 34.2 Å². The number of nitrogens with zero attached hydrogens (tertiary/aromatic N) is 1. The fraction of sp³-hybridized carbons (Fsp3) is 0.522. The van der Waals surface area contributed by atoms with Gasteiger partial charge < -0.3 is 14.4 Å². The first-order valence-corrected chi connectivity index (χ1v) is 12.3. The number of alkyl halides is 3. The molecule has 0 spiro atoms. The van der Waals surface area contributed by atoms with E-state index in [0.29, 0.717) is 29.9 Å². The predicted octanol–water partition coefficient (Wildman–Crippen LogP) is 3.46.